The van der Waals surface area contributed by atoms with Crippen LogP contribution in [0, 0.1) is 11.3 Å². The lowest BCUT2D eigenvalue weighted by Gasteiger charge is -2.32. The van der Waals surface area contributed by atoms with E-state index in [1.54, 1.807) is 9.42 Å². The third-order valence-corrected chi connectivity index (χ3v) is 7.37. The van der Waals surface area contributed by atoms with Gasteiger partial charge in [-0.1, -0.05) is 19.9 Å². The summed E-state index contributed by atoms with van der Waals surface area (Å²) in [6.07, 6.45) is 5.92. The van der Waals surface area contributed by atoms with E-state index in [1.165, 1.54) is 22.8 Å². The zero-order valence-corrected chi connectivity index (χ0v) is 21.5. The third kappa shape index (κ3) is 4.47. The molecule has 0 radical (unpaired) electrons. The fraction of sp³-hybridized carbons (Fsp3) is 0.429. The molecule has 8 heteroatoms. The maximum absolute atomic E-state index is 12.1. The van der Waals surface area contributed by atoms with Gasteiger partial charge in [-0.2, -0.15) is 10.4 Å². The van der Waals surface area contributed by atoms with Crippen molar-refractivity contribution in [3.63, 3.8) is 0 Å². The Hall–Kier alpha value is -3.70. The number of benzene rings is 1. The van der Waals surface area contributed by atoms with Crippen molar-refractivity contribution in [3.05, 3.63) is 53.5 Å². The van der Waals surface area contributed by atoms with Crippen LogP contribution in [0.15, 0.2) is 36.8 Å². The molecule has 5 rings (SSSR count). The van der Waals surface area contributed by atoms with E-state index in [-0.39, 0.29) is 12.3 Å². The number of H-pyrrole nitrogens is 1. The summed E-state index contributed by atoms with van der Waals surface area (Å²) in [5.74, 6) is 0.972. The van der Waals surface area contributed by atoms with E-state index >= 15 is 0 Å². The standard InChI is InChI=1S/C28H33N7O/c1-18(2)26-23-14-20(19-8-11-34(12-9-19)16-25(36)33(3)4)5-6-24(23)32-27(26)22-13-21(7-10-29)28-30-17-31-35(28)15-22/h5-6,13-15,17-19,32H,7-9,11-12,16H2,1-4H3. The van der Waals surface area contributed by atoms with Crippen LogP contribution < -0.4 is 0 Å². The van der Waals surface area contributed by atoms with Gasteiger partial charge in [0, 0.05) is 42.3 Å². The molecule has 1 amide bonds. The van der Waals surface area contributed by atoms with Crippen LogP contribution in [0.5, 0.6) is 0 Å². The number of rotatable bonds is 6. The van der Waals surface area contributed by atoms with Crippen LogP contribution in [0.3, 0.4) is 0 Å². The number of hydrogen-bond donors (Lipinski definition) is 1. The SMILES string of the molecule is CC(C)c1c(-c2cc(CC#N)c3ncnn3c2)[nH]c2ccc(C3CCN(CC(=O)N(C)C)CC3)cc12. The van der Waals surface area contributed by atoms with Gasteiger partial charge >= 0.3 is 0 Å². The van der Waals surface area contributed by atoms with Gasteiger partial charge in [0.2, 0.25) is 5.91 Å². The molecule has 3 aromatic heterocycles. The van der Waals surface area contributed by atoms with Gasteiger partial charge < -0.3 is 9.88 Å². The maximum atomic E-state index is 12.1. The average Bonchev–Trinajstić information content (AvgIpc) is 3.49. The van der Waals surface area contributed by atoms with Gasteiger partial charge in [-0.25, -0.2) is 9.50 Å². The molecule has 0 bridgehead atoms. The number of nitrogens with zero attached hydrogens (tertiary/aromatic N) is 6. The molecule has 0 aliphatic carbocycles. The maximum Gasteiger partial charge on any atom is 0.236 e. The quantitative estimate of drug-likeness (QED) is 0.440. The van der Waals surface area contributed by atoms with Crippen LogP contribution in [0.1, 0.15) is 55.2 Å². The molecule has 36 heavy (non-hydrogen) atoms. The Morgan fingerprint density at radius 2 is 2.03 bits per heavy atom. The summed E-state index contributed by atoms with van der Waals surface area (Å²) < 4.78 is 1.76. The van der Waals surface area contributed by atoms with Gasteiger partial charge in [0.05, 0.1) is 24.7 Å². The molecule has 4 heterocycles. The second kappa shape index (κ2) is 9.75. The van der Waals surface area contributed by atoms with E-state index in [9.17, 15) is 10.1 Å². The van der Waals surface area contributed by atoms with E-state index in [1.807, 2.05) is 20.3 Å². The third-order valence-electron chi connectivity index (χ3n) is 7.37. The molecule has 4 aromatic rings. The number of nitrogens with one attached hydrogen (secondary N) is 1. The number of aromatic nitrogens is 4. The molecule has 186 valence electrons. The molecule has 0 unspecified atom stereocenters. The Labute approximate surface area is 211 Å². The molecule has 1 N–H and O–H groups in total. The molecular formula is C28H33N7O. The topological polar surface area (TPSA) is 93.3 Å². The lowest BCUT2D eigenvalue weighted by Crippen LogP contribution is -2.40. The smallest absolute Gasteiger partial charge is 0.236 e. The number of likely N-dealkylation sites (tertiary alicyclic amines) is 1. The molecule has 1 aliphatic heterocycles. The minimum atomic E-state index is 0.165. The molecule has 0 saturated carbocycles. The number of carbonyl (C=O) groups is 1. The number of pyridine rings is 1. The predicted molar refractivity (Wildman–Crippen MR) is 141 cm³/mol. The average molecular weight is 484 g/mol. The molecule has 8 nitrogen and oxygen atoms in total. The van der Waals surface area contributed by atoms with Crippen LogP contribution >= 0.6 is 0 Å². The first-order valence-electron chi connectivity index (χ1n) is 12.6. The summed E-state index contributed by atoms with van der Waals surface area (Å²) in [5.41, 5.74) is 7.45. The Kier molecular flexibility index (Phi) is 6.50. The van der Waals surface area contributed by atoms with Crippen LogP contribution in [0.2, 0.25) is 0 Å². The normalized spacial score (nSPS) is 15.1. The Bertz CT molecular complexity index is 1450. The number of nitriles is 1. The van der Waals surface area contributed by atoms with Gasteiger partial charge in [-0.05, 0) is 67.1 Å². The Morgan fingerprint density at radius 3 is 2.72 bits per heavy atom. The second-order valence-corrected chi connectivity index (χ2v) is 10.3. The Balaban J connectivity index is 1.47. The van der Waals surface area contributed by atoms with Crippen molar-refractivity contribution >= 4 is 22.5 Å². The highest BCUT2D eigenvalue weighted by Crippen LogP contribution is 2.38. The lowest BCUT2D eigenvalue weighted by molar-refractivity contribution is -0.130. The summed E-state index contributed by atoms with van der Waals surface area (Å²) >= 11 is 0. The summed E-state index contributed by atoms with van der Waals surface area (Å²) in [7, 11) is 3.63. The van der Waals surface area contributed by atoms with Crippen molar-refractivity contribution < 1.29 is 4.79 Å². The first-order chi connectivity index (χ1) is 17.4. The Morgan fingerprint density at radius 1 is 1.25 bits per heavy atom. The molecule has 0 spiro atoms. The number of amides is 1. The zero-order chi connectivity index (χ0) is 25.4. The first kappa shape index (κ1) is 24.0. The lowest BCUT2D eigenvalue weighted by atomic mass is 9.87. The van der Waals surface area contributed by atoms with Crippen molar-refractivity contribution in [1.29, 1.82) is 5.26 Å². The van der Waals surface area contributed by atoms with E-state index in [2.05, 4.69) is 64.1 Å². The highest BCUT2D eigenvalue weighted by atomic mass is 16.2. The molecule has 1 fully saturated rings. The van der Waals surface area contributed by atoms with Crippen molar-refractivity contribution in [2.45, 2.75) is 44.9 Å². The number of carbonyl (C=O) groups excluding carboxylic acids is 1. The van der Waals surface area contributed by atoms with Gasteiger partial charge in [-0.15, -0.1) is 0 Å². The fourth-order valence-corrected chi connectivity index (χ4v) is 5.42. The van der Waals surface area contributed by atoms with Gasteiger partial charge in [0.25, 0.3) is 0 Å². The summed E-state index contributed by atoms with van der Waals surface area (Å²) in [5, 5.41) is 14.9. The number of piperidine rings is 1. The minimum Gasteiger partial charge on any atom is -0.354 e. The molecule has 1 aromatic carbocycles. The number of likely N-dealkylation sites (N-methyl/N-ethyl adjacent to an activating group) is 1. The second-order valence-electron chi connectivity index (χ2n) is 10.3. The predicted octanol–water partition coefficient (Wildman–Crippen LogP) is 4.33. The van der Waals surface area contributed by atoms with Crippen molar-refractivity contribution in [2.75, 3.05) is 33.7 Å². The van der Waals surface area contributed by atoms with Crippen LogP contribution in [-0.2, 0) is 11.2 Å². The largest absolute Gasteiger partial charge is 0.354 e. The van der Waals surface area contributed by atoms with Gasteiger partial charge in [0.15, 0.2) is 5.65 Å². The van der Waals surface area contributed by atoms with Crippen LogP contribution in [0.4, 0.5) is 0 Å². The van der Waals surface area contributed by atoms with Crippen molar-refractivity contribution in [2.24, 2.45) is 0 Å². The van der Waals surface area contributed by atoms with Gasteiger partial charge in [-0.3, -0.25) is 9.69 Å². The van der Waals surface area contributed by atoms with E-state index in [0.717, 1.165) is 53.9 Å². The highest BCUT2D eigenvalue weighted by Gasteiger charge is 2.24. The van der Waals surface area contributed by atoms with E-state index in [0.29, 0.717) is 18.4 Å². The zero-order valence-electron chi connectivity index (χ0n) is 21.5. The van der Waals surface area contributed by atoms with Crippen molar-refractivity contribution in [3.8, 4) is 17.3 Å². The monoisotopic (exact) mass is 483 g/mol. The molecule has 1 aliphatic rings. The van der Waals surface area contributed by atoms with E-state index in [4.69, 9.17) is 0 Å². The molecule has 0 atom stereocenters. The number of aromatic amines is 1. The number of fused-ring (bicyclic) bond motifs is 2. The fourth-order valence-electron chi connectivity index (χ4n) is 5.42. The summed E-state index contributed by atoms with van der Waals surface area (Å²) in [4.78, 5) is 24.0. The summed E-state index contributed by atoms with van der Waals surface area (Å²) in [6, 6.07) is 11.1. The van der Waals surface area contributed by atoms with Gasteiger partial charge in [0.1, 0.15) is 6.33 Å². The van der Waals surface area contributed by atoms with Crippen LogP contribution in [0.25, 0.3) is 27.8 Å². The minimum absolute atomic E-state index is 0.165. The van der Waals surface area contributed by atoms with Crippen LogP contribution in [-0.4, -0.2) is 69.0 Å². The summed E-state index contributed by atoms with van der Waals surface area (Å²) in [6.45, 7) is 6.84. The molecular weight excluding hydrogens is 450 g/mol. The first-order valence-corrected chi connectivity index (χ1v) is 12.6. The molecule has 1 saturated heterocycles. The highest BCUT2D eigenvalue weighted by molar-refractivity contribution is 5.92. The van der Waals surface area contributed by atoms with E-state index < -0.39 is 0 Å². The number of hydrogen-bond acceptors (Lipinski definition) is 5. The van der Waals surface area contributed by atoms with Crippen molar-refractivity contribution in [1.82, 2.24) is 29.4 Å².